The summed E-state index contributed by atoms with van der Waals surface area (Å²) in [4.78, 5) is 12.0. The van der Waals surface area contributed by atoms with Crippen molar-refractivity contribution < 1.29 is 17.6 Å². The Morgan fingerprint density at radius 1 is 1.19 bits per heavy atom. The fourth-order valence-electron chi connectivity index (χ4n) is 1.66. The highest BCUT2D eigenvalue weighted by Crippen LogP contribution is 2.25. The molecule has 1 amide bonds. The highest BCUT2D eigenvalue weighted by Gasteiger charge is 2.13. The molecule has 0 bridgehead atoms. The zero-order valence-corrected chi connectivity index (χ0v) is 12.5. The molecule has 0 radical (unpaired) electrons. The van der Waals surface area contributed by atoms with Crippen LogP contribution in [0.3, 0.4) is 0 Å². The minimum absolute atomic E-state index is 0.0291. The second-order valence-corrected chi connectivity index (χ2v) is 6.80. The van der Waals surface area contributed by atoms with Crippen LogP contribution >= 0.6 is 11.6 Å². The van der Waals surface area contributed by atoms with Crippen LogP contribution in [0.5, 0.6) is 0 Å². The van der Waals surface area contributed by atoms with Gasteiger partial charge in [-0.2, -0.15) is 0 Å². The molecule has 1 N–H and O–H groups in total. The van der Waals surface area contributed by atoms with Crippen LogP contribution in [0.2, 0.25) is 5.02 Å². The molecule has 110 valence electrons. The van der Waals surface area contributed by atoms with Crippen LogP contribution in [-0.2, 0) is 9.84 Å². The molecule has 21 heavy (non-hydrogen) atoms. The van der Waals surface area contributed by atoms with Crippen molar-refractivity contribution in [1.29, 1.82) is 0 Å². The number of hydrogen-bond donors (Lipinski definition) is 1. The van der Waals surface area contributed by atoms with E-state index in [1.54, 1.807) is 0 Å². The summed E-state index contributed by atoms with van der Waals surface area (Å²) in [5.74, 6) is -1.12. The molecule has 0 saturated carbocycles. The summed E-state index contributed by atoms with van der Waals surface area (Å²) >= 11 is 5.93. The molecule has 0 fully saturated rings. The van der Waals surface area contributed by atoms with Gasteiger partial charge >= 0.3 is 0 Å². The van der Waals surface area contributed by atoms with Crippen molar-refractivity contribution in [3.8, 4) is 0 Å². The third-order valence-corrected chi connectivity index (χ3v) is 4.14. The van der Waals surface area contributed by atoms with Crippen molar-refractivity contribution in [3.63, 3.8) is 0 Å². The summed E-state index contributed by atoms with van der Waals surface area (Å²) in [7, 11) is -3.42. The second-order valence-electron chi connectivity index (χ2n) is 4.38. The van der Waals surface area contributed by atoms with Gasteiger partial charge in [0.2, 0.25) is 0 Å². The lowest BCUT2D eigenvalue weighted by Crippen LogP contribution is -2.13. The molecular formula is C14H11ClFNO3S. The molecule has 0 atom stereocenters. The lowest BCUT2D eigenvalue weighted by atomic mass is 10.2. The van der Waals surface area contributed by atoms with E-state index in [0.717, 1.165) is 12.3 Å². The van der Waals surface area contributed by atoms with Gasteiger partial charge in [0.15, 0.2) is 9.84 Å². The fourth-order valence-corrected chi connectivity index (χ4v) is 2.47. The first-order valence-corrected chi connectivity index (χ1v) is 8.11. The van der Waals surface area contributed by atoms with E-state index in [-0.39, 0.29) is 21.2 Å². The van der Waals surface area contributed by atoms with Gasteiger partial charge in [-0.3, -0.25) is 4.79 Å². The molecule has 0 heterocycles. The van der Waals surface area contributed by atoms with Crippen molar-refractivity contribution in [2.45, 2.75) is 4.90 Å². The summed E-state index contributed by atoms with van der Waals surface area (Å²) in [6.45, 7) is 0. The van der Waals surface area contributed by atoms with Crippen LogP contribution in [0.4, 0.5) is 10.1 Å². The van der Waals surface area contributed by atoms with Crippen molar-refractivity contribution in [2.24, 2.45) is 0 Å². The van der Waals surface area contributed by atoms with E-state index >= 15 is 0 Å². The molecule has 0 aliphatic heterocycles. The Morgan fingerprint density at radius 2 is 1.90 bits per heavy atom. The van der Waals surface area contributed by atoms with Crippen molar-refractivity contribution >= 4 is 33.0 Å². The van der Waals surface area contributed by atoms with Crippen molar-refractivity contribution in [1.82, 2.24) is 0 Å². The summed E-state index contributed by atoms with van der Waals surface area (Å²) < 4.78 is 36.1. The number of rotatable bonds is 3. The first-order chi connectivity index (χ1) is 9.77. The lowest BCUT2D eigenvalue weighted by Gasteiger charge is -2.09. The molecule has 2 rings (SSSR count). The summed E-state index contributed by atoms with van der Waals surface area (Å²) in [6, 6.07) is 9.10. The van der Waals surface area contributed by atoms with Gasteiger partial charge in [-0.05, 0) is 36.4 Å². The molecule has 7 heteroatoms. The Kier molecular flexibility index (Phi) is 4.29. The summed E-state index contributed by atoms with van der Waals surface area (Å²) in [5, 5.41) is 2.65. The van der Waals surface area contributed by atoms with Crippen LogP contribution in [0, 0.1) is 5.82 Å². The Morgan fingerprint density at radius 3 is 2.52 bits per heavy atom. The number of amides is 1. The molecule has 0 aromatic heterocycles. The summed E-state index contributed by atoms with van der Waals surface area (Å²) in [6.07, 6.45) is 1.05. The van der Waals surface area contributed by atoms with E-state index in [1.165, 1.54) is 36.4 Å². The first kappa shape index (κ1) is 15.5. The average molecular weight is 328 g/mol. The Hall–Kier alpha value is -1.92. The standard InChI is InChI=1S/C14H11ClFNO3S/c1-21(19,20)11-5-6-12(15)13(8-11)17-14(18)9-3-2-4-10(16)7-9/h2-8H,1H3,(H,17,18). The first-order valence-electron chi connectivity index (χ1n) is 5.84. The topological polar surface area (TPSA) is 63.2 Å². The third-order valence-electron chi connectivity index (χ3n) is 2.70. The predicted molar refractivity (Wildman–Crippen MR) is 78.9 cm³/mol. The van der Waals surface area contributed by atoms with Crippen LogP contribution in [-0.4, -0.2) is 20.6 Å². The van der Waals surface area contributed by atoms with E-state index < -0.39 is 21.6 Å². The largest absolute Gasteiger partial charge is 0.321 e. The van der Waals surface area contributed by atoms with Crippen LogP contribution in [0.15, 0.2) is 47.4 Å². The van der Waals surface area contributed by atoms with Gasteiger partial charge in [-0.15, -0.1) is 0 Å². The molecule has 0 aliphatic carbocycles. The van der Waals surface area contributed by atoms with Crippen LogP contribution < -0.4 is 5.32 Å². The maximum atomic E-state index is 13.1. The molecule has 4 nitrogen and oxygen atoms in total. The number of hydrogen-bond acceptors (Lipinski definition) is 3. The van der Waals surface area contributed by atoms with Gasteiger partial charge in [0.25, 0.3) is 5.91 Å². The van der Waals surface area contributed by atoms with Gasteiger partial charge in [0.1, 0.15) is 5.82 Å². The van der Waals surface area contributed by atoms with E-state index in [2.05, 4.69) is 5.32 Å². The number of carbonyl (C=O) groups is 1. The second kappa shape index (κ2) is 5.83. The van der Waals surface area contributed by atoms with E-state index in [1.807, 2.05) is 0 Å². The Balaban J connectivity index is 2.33. The quantitative estimate of drug-likeness (QED) is 0.942. The maximum Gasteiger partial charge on any atom is 0.255 e. The zero-order valence-electron chi connectivity index (χ0n) is 10.9. The van der Waals surface area contributed by atoms with Gasteiger partial charge in [-0.25, -0.2) is 12.8 Å². The van der Waals surface area contributed by atoms with Gasteiger partial charge in [0, 0.05) is 11.8 Å². The van der Waals surface area contributed by atoms with Gasteiger partial charge < -0.3 is 5.32 Å². The van der Waals surface area contributed by atoms with Crippen molar-refractivity contribution in [2.75, 3.05) is 11.6 Å². The van der Waals surface area contributed by atoms with E-state index in [9.17, 15) is 17.6 Å². The van der Waals surface area contributed by atoms with Gasteiger partial charge in [-0.1, -0.05) is 17.7 Å². The summed E-state index contributed by atoms with van der Waals surface area (Å²) in [5.41, 5.74) is 0.254. The predicted octanol–water partition coefficient (Wildman–Crippen LogP) is 3.13. The van der Waals surface area contributed by atoms with E-state index in [0.29, 0.717) is 0 Å². The fraction of sp³-hybridized carbons (Fsp3) is 0.0714. The average Bonchev–Trinajstić information content (AvgIpc) is 2.40. The molecular weight excluding hydrogens is 317 g/mol. The number of sulfone groups is 1. The smallest absolute Gasteiger partial charge is 0.255 e. The maximum absolute atomic E-state index is 13.1. The SMILES string of the molecule is CS(=O)(=O)c1ccc(Cl)c(NC(=O)c2cccc(F)c2)c1. The molecule has 0 spiro atoms. The van der Waals surface area contributed by atoms with Gasteiger partial charge in [0.05, 0.1) is 15.6 Å². The number of carbonyl (C=O) groups excluding carboxylic acids is 1. The molecule has 0 unspecified atom stereocenters. The highest BCUT2D eigenvalue weighted by molar-refractivity contribution is 7.90. The van der Waals surface area contributed by atoms with Crippen molar-refractivity contribution in [3.05, 3.63) is 58.9 Å². The lowest BCUT2D eigenvalue weighted by molar-refractivity contribution is 0.102. The molecule has 0 aliphatic rings. The van der Waals surface area contributed by atoms with E-state index in [4.69, 9.17) is 11.6 Å². The molecule has 2 aromatic carbocycles. The highest BCUT2D eigenvalue weighted by atomic mass is 35.5. The molecule has 0 saturated heterocycles. The Bertz CT molecular complexity index is 806. The zero-order chi connectivity index (χ0) is 15.6. The van der Waals surface area contributed by atoms with Crippen LogP contribution in [0.25, 0.3) is 0 Å². The normalized spacial score (nSPS) is 11.2. The molecule has 2 aromatic rings. The third kappa shape index (κ3) is 3.80. The van der Waals surface area contributed by atoms with Crippen LogP contribution in [0.1, 0.15) is 10.4 Å². The number of halogens is 2. The number of benzene rings is 2. The Labute approximate surface area is 126 Å². The minimum Gasteiger partial charge on any atom is -0.321 e. The monoisotopic (exact) mass is 327 g/mol. The number of anilines is 1. The minimum atomic E-state index is -3.42. The number of nitrogens with one attached hydrogen (secondary N) is 1.